The molecule has 1 saturated heterocycles. The minimum Gasteiger partial charge on any atom is -0.481 e. The topological polar surface area (TPSA) is 83.6 Å². The molecule has 0 aliphatic carbocycles. The summed E-state index contributed by atoms with van der Waals surface area (Å²) in [4.78, 5) is 24.4. The van der Waals surface area contributed by atoms with Crippen molar-refractivity contribution in [2.45, 2.75) is 45.6 Å². The van der Waals surface area contributed by atoms with Gasteiger partial charge in [-0.1, -0.05) is 20.3 Å². The lowest BCUT2D eigenvalue weighted by molar-refractivity contribution is -0.137. The van der Waals surface area contributed by atoms with Crippen LogP contribution in [0.3, 0.4) is 0 Å². The first-order valence-corrected chi connectivity index (χ1v) is 6.71. The fourth-order valence-corrected chi connectivity index (χ4v) is 2.30. The third-order valence-corrected chi connectivity index (χ3v) is 3.91. The van der Waals surface area contributed by atoms with E-state index < -0.39 is 12.0 Å². The first-order valence-electron chi connectivity index (χ1n) is 6.71. The molecule has 3 atom stereocenters. The molecular formula is C13H24N2O3. The lowest BCUT2D eigenvalue weighted by Gasteiger charge is -2.24. The molecule has 0 aromatic carbocycles. The molecule has 1 rings (SSSR count). The van der Waals surface area contributed by atoms with Gasteiger partial charge < -0.3 is 15.7 Å². The molecule has 18 heavy (non-hydrogen) atoms. The molecular weight excluding hydrogens is 232 g/mol. The third-order valence-electron chi connectivity index (χ3n) is 3.91. The van der Waals surface area contributed by atoms with Gasteiger partial charge in [0.05, 0.1) is 6.04 Å². The summed E-state index contributed by atoms with van der Waals surface area (Å²) in [5, 5.41) is 8.64. The van der Waals surface area contributed by atoms with E-state index in [2.05, 4.69) is 0 Å². The Balaban J connectivity index is 2.41. The van der Waals surface area contributed by atoms with Crippen molar-refractivity contribution in [1.82, 2.24) is 4.90 Å². The van der Waals surface area contributed by atoms with Crippen LogP contribution < -0.4 is 5.73 Å². The molecule has 1 heterocycles. The molecule has 0 bridgehead atoms. The first kappa shape index (κ1) is 15.0. The quantitative estimate of drug-likeness (QED) is 0.744. The lowest BCUT2D eigenvalue weighted by Crippen LogP contribution is -2.46. The number of nitrogens with zero attached hydrogens (tertiary/aromatic N) is 1. The Morgan fingerprint density at radius 2 is 2.17 bits per heavy atom. The van der Waals surface area contributed by atoms with E-state index in [0.29, 0.717) is 25.4 Å². The SMILES string of the molecule is CCC(C)C(N)C(=O)N1CCC(CCC(=O)O)C1. The second kappa shape index (κ2) is 6.73. The molecule has 0 aromatic rings. The van der Waals surface area contributed by atoms with Crippen LogP contribution in [0.1, 0.15) is 39.5 Å². The fraction of sp³-hybridized carbons (Fsp3) is 0.846. The largest absolute Gasteiger partial charge is 0.481 e. The normalized spacial score (nSPS) is 22.8. The highest BCUT2D eigenvalue weighted by atomic mass is 16.4. The lowest BCUT2D eigenvalue weighted by atomic mass is 9.99. The van der Waals surface area contributed by atoms with Crippen molar-refractivity contribution in [2.24, 2.45) is 17.6 Å². The van der Waals surface area contributed by atoms with Crippen molar-refractivity contribution in [3.63, 3.8) is 0 Å². The molecule has 5 heteroatoms. The zero-order chi connectivity index (χ0) is 13.7. The Bertz CT molecular complexity index is 307. The fourth-order valence-electron chi connectivity index (χ4n) is 2.30. The number of likely N-dealkylation sites (tertiary alicyclic amines) is 1. The molecule has 5 nitrogen and oxygen atoms in total. The van der Waals surface area contributed by atoms with Crippen molar-refractivity contribution in [3.05, 3.63) is 0 Å². The van der Waals surface area contributed by atoms with Crippen molar-refractivity contribution >= 4 is 11.9 Å². The Morgan fingerprint density at radius 3 is 2.72 bits per heavy atom. The molecule has 104 valence electrons. The average molecular weight is 256 g/mol. The molecule has 0 radical (unpaired) electrons. The van der Waals surface area contributed by atoms with Gasteiger partial charge in [0.15, 0.2) is 0 Å². The minimum absolute atomic E-state index is 0.0159. The van der Waals surface area contributed by atoms with Gasteiger partial charge >= 0.3 is 5.97 Å². The smallest absolute Gasteiger partial charge is 0.303 e. The van der Waals surface area contributed by atoms with Crippen molar-refractivity contribution < 1.29 is 14.7 Å². The minimum atomic E-state index is -0.768. The van der Waals surface area contributed by atoms with Gasteiger partial charge in [0, 0.05) is 19.5 Å². The summed E-state index contributed by atoms with van der Waals surface area (Å²) < 4.78 is 0. The molecule has 1 fully saturated rings. The maximum atomic E-state index is 12.1. The highest BCUT2D eigenvalue weighted by Crippen LogP contribution is 2.22. The van der Waals surface area contributed by atoms with Crippen LogP contribution in [-0.2, 0) is 9.59 Å². The summed E-state index contributed by atoms with van der Waals surface area (Å²) >= 11 is 0. The molecule has 1 aliphatic heterocycles. The average Bonchev–Trinajstić information content (AvgIpc) is 2.82. The van der Waals surface area contributed by atoms with Crippen LogP contribution in [0.2, 0.25) is 0 Å². The number of hydrogen-bond donors (Lipinski definition) is 2. The van der Waals surface area contributed by atoms with Gasteiger partial charge in [-0.15, -0.1) is 0 Å². The van der Waals surface area contributed by atoms with E-state index in [9.17, 15) is 9.59 Å². The first-order chi connectivity index (χ1) is 8.45. The van der Waals surface area contributed by atoms with Gasteiger partial charge in [0.2, 0.25) is 5.91 Å². The van der Waals surface area contributed by atoms with Gasteiger partial charge in [-0.25, -0.2) is 0 Å². The van der Waals surface area contributed by atoms with Crippen LogP contribution in [0.4, 0.5) is 0 Å². The zero-order valence-electron chi connectivity index (χ0n) is 11.3. The second-order valence-electron chi connectivity index (χ2n) is 5.28. The molecule has 0 aromatic heterocycles. The number of carboxylic acids is 1. The number of carbonyl (C=O) groups is 2. The summed E-state index contributed by atoms with van der Waals surface area (Å²) in [6.45, 7) is 5.39. The number of carboxylic acid groups (broad SMARTS) is 1. The van der Waals surface area contributed by atoms with E-state index in [4.69, 9.17) is 10.8 Å². The molecule has 1 aliphatic rings. The highest BCUT2D eigenvalue weighted by molar-refractivity contribution is 5.82. The number of carbonyl (C=O) groups excluding carboxylic acids is 1. The Morgan fingerprint density at radius 1 is 1.50 bits per heavy atom. The summed E-state index contributed by atoms with van der Waals surface area (Å²) in [6.07, 6.45) is 2.62. The van der Waals surface area contributed by atoms with Gasteiger partial charge in [0.25, 0.3) is 0 Å². The summed E-state index contributed by atoms with van der Waals surface area (Å²) in [7, 11) is 0. The number of amides is 1. The number of hydrogen-bond acceptors (Lipinski definition) is 3. The van der Waals surface area contributed by atoms with E-state index in [-0.39, 0.29) is 18.2 Å². The van der Waals surface area contributed by atoms with E-state index in [0.717, 1.165) is 12.8 Å². The van der Waals surface area contributed by atoms with Crippen LogP contribution in [0.5, 0.6) is 0 Å². The number of nitrogens with two attached hydrogens (primary N) is 1. The standard InChI is InChI=1S/C13H24N2O3/c1-3-9(2)12(14)13(18)15-7-6-10(8-15)4-5-11(16)17/h9-10,12H,3-8,14H2,1-2H3,(H,16,17). The van der Waals surface area contributed by atoms with E-state index in [1.807, 2.05) is 13.8 Å². The van der Waals surface area contributed by atoms with Gasteiger partial charge in [0.1, 0.15) is 0 Å². The van der Waals surface area contributed by atoms with E-state index >= 15 is 0 Å². The molecule has 3 unspecified atom stereocenters. The molecule has 1 amide bonds. The Kier molecular flexibility index (Phi) is 5.59. The third kappa shape index (κ3) is 3.98. The van der Waals surface area contributed by atoms with Crippen LogP contribution in [0, 0.1) is 11.8 Å². The molecule has 3 N–H and O–H groups in total. The Labute approximate surface area is 108 Å². The number of aliphatic carboxylic acids is 1. The monoisotopic (exact) mass is 256 g/mol. The summed E-state index contributed by atoms with van der Waals surface area (Å²) in [5.74, 6) is -0.247. The van der Waals surface area contributed by atoms with Crippen LogP contribution in [-0.4, -0.2) is 41.0 Å². The summed E-state index contributed by atoms with van der Waals surface area (Å²) in [6, 6.07) is -0.423. The second-order valence-corrected chi connectivity index (χ2v) is 5.28. The van der Waals surface area contributed by atoms with Crippen molar-refractivity contribution in [1.29, 1.82) is 0 Å². The van der Waals surface area contributed by atoms with Crippen LogP contribution in [0.25, 0.3) is 0 Å². The van der Waals surface area contributed by atoms with Crippen molar-refractivity contribution in [2.75, 3.05) is 13.1 Å². The molecule has 0 spiro atoms. The van der Waals surface area contributed by atoms with Gasteiger partial charge in [-0.2, -0.15) is 0 Å². The maximum absolute atomic E-state index is 12.1. The Hall–Kier alpha value is -1.10. The van der Waals surface area contributed by atoms with E-state index in [1.165, 1.54) is 0 Å². The predicted molar refractivity (Wildman–Crippen MR) is 69.0 cm³/mol. The maximum Gasteiger partial charge on any atom is 0.303 e. The van der Waals surface area contributed by atoms with Gasteiger partial charge in [-0.05, 0) is 24.7 Å². The van der Waals surface area contributed by atoms with E-state index in [1.54, 1.807) is 4.90 Å². The van der Waals surface area contributed by atoms with Crippen LogP contribution >= 0.6 is 0 Å². The predicted octanol–water partition coefficient (Wildman–Crippen LogP) is 1.07. The number of rotatable bonds is 6. The molecule has 0 saturated carbocycles. The summed E-state index contributed by atoms with van der Waals surface area (Å²) in [5.41, 5.74) is 5.93. The van der Waals surface area contributed by atoms with Gasteiger partial charge in [-0.3, -0.25) is 9.59 Å². The van der Waals surface area contributed by atoms with Crippen molar-refractivity contribution in [3.8, 4) is 0 Å². The van der Waals surface area contributed by atoms with Crippen LogP contribution in [0.15, 0.2) is 0 Å². The zero-order valence-corrected chi connectivity index (χ0v) is 11.3. The highest BCUT2D eigenvalue weighted by Gasteiger charge is 2.31.